The van der Waals surface area contributed by atoms with E-state index in [9.17, 15) is 9.59 Å². The van der Waals surface area contributed by atoms with Crippen molar-refractivity contribution in [2.45, 2.75) is 45.1 Å². The summed E-state index contributed by atoms with van der Waals surface area (Å²) in [5.74, 6) is 0.0573. The third-order valence-electron chi connectivity index (χ3n) is 5.27. The fourth-order valence-electron chi connectivity index (χ4n) is 3.74. The van der Waals surface area contributed by atoms with E-state index in [0.29, 0.717) is 29.3 Å². The highest BCUT2D eigenvalue weighted by Gasteiger charge is 2.32. The van der Waals surface area contributed by atoms with E-state index in [4.69, 9.17) is 14.3 Å². The minimum Gasteiger partial charge on any atom is -0.497 e. The fraction of sp³-hybridized carbons (Fsp3) is 0.409. The van der Waals surface area contributed by atoms with Gasteiger partial charge in [0.25, 0.3) is 5.91 Å². The fourth-order valence-corrected chi connectivity index (χ4v) is 5.02. The van der Waals surface area contributed by atoms with Gasteiger partial charge in [-0.3, -0.25) is 4.79 Å². The number of anilines is 1. The predicted octanol–water partition coefficient (Wildman–Crippen LogP) is 3.94. The number of nitrogens with one attached hydrogen (secondary N) is 1. The molecule has 0 bridgehead atoms. The molecule has 0 saturated heterocycles. The van der Waals surface area contributed by atoms with Gasteiger partial charge >= 0.3 is 5.97 Å². The van der Waals surface area contributed by atoms with Crippen molar-refractivity contribution >= 4 is 33.9 Å². The number of methoxy groups -OCH3 is 1. The summed E-state index contributed by atoms with van der Waals surface area (Å²) in [4.78, 5) is 32.0. The van der Waals surface area contributed by atoms with Crippen LogP contribution in [0, 0.1) is 0 Å². The number of nitrogens with zero attached hydrogens (tertiary/aromatic N) is 1. The Balaban J connectivity index is 1.48. The normalized spacial score (nSPS) is 17.5. The Morgan fingerprint density at radius 2 is 2.00 bits per heavy atom. The van der Waals surface area contributed by atoms with Crippen molar-refractivity contribution in [1.29, 1.82) is 0 Å². The summed E-state index contributed by atoms with van der Waals surface area (Å²) in [6.07, 6.45) is 3.50. The average Bonchev–Trinajstić information content (AvgIpc) is 3.39. The van der Waals surface area contributed by atoms with Gasteiger partial charge in [-0.2, -0.15) is 0 Å². The highest BCUT2D eigenvalue weighted by molar-refractivity contribution is 7.17. The molecular weight excluding hydrogens is 404 g/mol. The Labute approximate surface area is 179 Å². The Morgan fingerprint density at radius 3 is 2.73 bits per heavy atom. The number of carbonyl (C=O) groups excluding carboxylic acids is 2. The first-order chi connectivity index (χ1) is 14.6. The standard InChI is InChI=1S/C22H24N2O5S/c1-3-28-22(26)19-15-6-4-5-7-18(15)30-21(19)23-20(25)17-12-16(24-29-17)13-8-10-14(27-2)11-9-13/h8-11,17H,3-7,12H2,1-2H3,(H,23,25). The van der Waals surface area contributed by atoms with Crippen LogP contribution in [0.3, 0.4) is 0 Å². The topological polar surface area (TPSA) is 86.2 Å². The Kier molecular flexibility index (Phi) is 6.03. The third kappa shape index (κ3) is 4.05. The smallest absolute Gasteiger partial charge is 0.341 e. The van der Waals surface area contributed by atoms with Crippen molar-refractivity contribution in [3.8, 4) is 5.75 Å². The number of ether oxygens (including phenoxy) is 2. The molecule has 1 aromatic carbocycles. The van der Waals surface area contributed by atoms with Crippen LogP contribution in [0.15, 0.2) is 29.4 Å². The maximum absolute atomic E-state index is 12.9. The molecule has 0 radical (unpaired) electrons. The molecule has 1 N–H and O–H groups in total. The van der Waals surface area contributed by atoms with E-state index in [1.165, 1.54) is 11.3 Å². The Morgan fingerprint density at radius 1 is 1.23 bits per heavy atom. The molecule has 1 amide bonds. The Hall–Kier alpha value is -2.87. The quantitative estimate of drug-likeness (QED) is 0.704. The van der Waals surface area contributed by atoms with Gasteiger partial charge in [0.1, 0.15) is 10.8 Å². The average molecular weight is 429 g/mol. The van der Waals surface area contributed by atoms with Crippen molar-refractivity contribution < 1.29 is 23.9 Å². The third-order valence-corrected chi connectivity index (χ3v) is 6.48. The van der Waals surface area contributed by atoms with E-state index in [1.807, 2.05) is 24.3 Å². The van der Waals surface area contributed by atoms with Gasteiger partial charge in [-0.05, 0) is 68.0 Å². The van der Waals surface area contributed by atoms with Crippen LogP contribution in [0.2, 0.25) is 0 Å². The second kappa shape index (κ2) is 8.87. The molecule has 0 saturated carbocycles. The van der Waals surface area contributed by atoms with Crippen molar-refractivity contribution in [3.05, 3.63) is 45.8 Å². The second-order valence-electron chi connectivity index (χ2n) is 7.19. The van der Waals surface area contributed by atoms with E-state index in [2.05, 4.69) is 10.5 Å². The highest BCUT2D eigenvalue weighted by Crippen LogP contribution is 2.39. The monoisotopic (exact) mass is 428 g/mol. The number of oxime groups is 1. The molecule has 1 atom stereocenters. The first kappa shape index (κ1) is 20.4. The zero-order valence-electron chi connectivity index (χ0n) is 17.0. The molecule has 2 aliphatic rings. The molecule has 0 spiro atoms. The van der Waals surface area contributed by atoms with Crippen molar-refractivity contribution in [1.82, 2.24) is 0 Å². The lowest BCUT2D eigenvalue weighted by molar-refractivity contribution is -0.125. The lowest BCUT2D eigenvalue weighted by Crippen LogP contribution is -2.28. The van der Waals surface area contributed by atoms with Gasteiger partial charge in [-0.25, -0.2) is 4.79 Å². The molecule has 0 fully saturated rings. The summed E-state index contributed by atoms with van der Waals surface area (Å²) in [5.41, 5.74) is 3.10. The maximum atomic E-state index is 12.9. The van der Waals surface area contributed by atoms with Crippen molar-refractivity contribution in [2.75, 3.05) is 19.0 Å². The minimum atomic E-state index is -0.740. The van der Waals surface area contributed by atoms with Gasteiger partial charge in [0.05, 0.1) is 25.0 Å². The number of aryl methyl sites for hydroxylation is 1. The number of fused-ring (bicyclic) bond motifs is 1. The molecule has 4 rings (SSSR count). The number of benzene rings is 1. The number of rotatable bonds is 6. The second-order valence-corrected chi connectivity index (χ2v) is 8.29. The number of hydrogen-bond donors (Lipinski definition) is 1. The number of thiophene rings is 1. The lowest BCUT2D eigenvalue weighted by atomic mass is 9.95. The molecule has 2 aromatic rings. The largest absolute Gasteiger partial charge is 0.497 e. The molecule has 158 valence electrons. The van der Waals surface area contributed by atoms with Crippen molar-refractivity contribution in [3.63, 3.8) is 0 Å². The lowest BCUT2D eigenvalue weighted by Gasteiger charge is -2.13. The zero-order valence-corrected chi connectivity index (χ0v) is 17.8. The van der Waals surface area contributed by atoms with Crippen LogP contribution in [0.1, 0.15) is 52.5 Å². The molecule has 1 unspecified atom stereocenters. The van der Waals surface area contributed by atoms with Gasteiger partial charge in [-0.15, -0.1) is 11.3 Å². The number of carbonyl (C=O) groups is 2. The van der Waals surface area contributed by atoms with Crippen molar-refractivity contribution in [2.24, 2.45) is 5.16 Å². The van der Waals surface area contributed by atoms with E-state index >= 15 is 0 Å². The summed E-state index contributed by atoms with van der Waals surface area (Å²) < 4.78 is 10.4. The van der Waals surface area contributed by atoms with E-state index < -0.39 is 6.10 Å². The summed E-state index contributed by atoms with van der Waals surface area (Å²) in [6, 6.07) is 7.45. The molecule has 1 aromatic heterocycles. The van der Waals surface area contributed by atoms with Gasteiger partial charge < -0.3 is 19.6 Å². The first-order valence-corrected chi connectivity index (χ1v) is 10.9. The molecule has 8 heteroatoms. The number of amides is 1. The summed E-state index contributed by atoms with van der Waals surface area (Å²) in [6.45, 7) is 2.07. The maximum Gasteiger partial charge on any atom is 0.341 e. The summed E-state index contributed by atoms with van der Waals surface area (Å²) in [7, 11) is 1.61. The van der Waals surface area contributed by atoms with E-state index in [1.54, 1.807) is 14.0 Å². The van der Waals surface area contributed by atoms with Gasteiger partial charge in [-0.1, -0.05) is 5.16 Å². The van der Waals surface area contributed by atoms with Crippen LogP contribution in [0.5, 0.6) is 5.75 Å². The number of esters is 1. The molecule has 1 aliphatic heterocycles. The van der Waals surface area contributed by atoms with Crippen LogP contribution < -0.4 is 10.1 Å². The van der Waals surface area contributed by atoms with Gasteiger partial charge in [0.15, 0.2) is 0 Å². The molecule has 30 heavy (non-hydrogen) atoms. The summed E-state index contributed by atoms with van der Waals surface area (Å²) >= 11 is 1.46. The molecular formula is C22H24N2O5S. The van der Waals surface area contributed by atoms with Crippen LogP contribution >= 0.6 is 11.3 Å². The van der Waals surface area contributed by atoms with Crippen LogP contribution in [0.25, 0.3) is 0 Å². The summed E-state index contributed by atoms with van der Waals surface area (Å²) in [5, 5.41) is 7.53. The Bertz CT molecular complexity index is 980. The van der Waals surface area contributed by atoms with E-state index in [0.717, 1.165) is 47.4 Å². The van der Waals surface area contributed by atoms with Crippen LogP contribution in [0.4, 0.5) is 5.00 Å². The molecule has 2 heterocycles. The molecule has 1 aliphatic carbocycles. The highest BCUT2D eigenvalue weighted by atomic mass is 32.1. The van der Waals surface area contributed by atoms with Crippen LogP contribution in [-0.4, -0.2) is 37.4 Å². The van der Waals surface area contributed by atoms with Gasteiger partial charge in [0, 0.05) is 11.3 Å². The van der Waals surface area contributed by atoms with Gasteiger partial charge in [0.2, 0.25) is 6.10 Å². The number of hydrogen-bond acceptors (Lipinski definition) is 7. The molecule has 7 nitrogen and oxygen atoms in total. The SMILES string of the molecule is CCOC(=O)c1c(NC(=O)C2CC(c3ccc(OC)cc3)=NO2)sc2c1CCCC2. The predicted molar refractivity (Wildman–Crippen MR) is 115 cm³/mol. The minimum absolute atomic E-state index is 0.293. The first-order valence-electron chi connectivity index (χ1n) is 10.1. The van der Waals surface area contributed by atoms with E-state index in [-0.39, 0.29) is 11.9 Å². The zero-order chi connectivity index (χ0) is 21.1. The van der Waals surface area contributed by atoms with Crippen LogP contribution in [-0.2, 0) is 27.2 Å².